The first-order valence-electron chi connectivity index (χ1n) is 14.4. The summed E-state index contributed by atoms with van der Waals surface area (Å²) in [5.41, 5.74) is 11.1. The monoisotopic (exact) mass is 755 g/mol. The van der Waals surface area contributed by atoms with Gasteiger partial charge in [-0.3, -0.25) is 0 Å². The maximum absolute atomic E-state index is 2.55. The van der Waals surface area contributed by atoms with Crippen molar-refractivity contribution >= 4 is 14.5 Å². The van der Waals surface area contributed by atoms with Crippen molar-refractivity contribution in [3.8, 4) is 0 Å². The van der Waals surface area contributed by atoms with Crippen LogP contribution in [0.15, 0.2) is 103 Å². The van der Waals surface area contributed by atoms with Gasteiger partial charge >= 0.3 is 255 Å². The van der Waals surface area contributed by atoms with Crippen LogP contribution in [0.3, 0.4) is 0 Å². The van der Waals surface area contributed by atoms with Crippen molar-refractivity contribution in [2.24, 2.45) is 0 Å². The fourth-order valence-electron chi connectivity index (χ4n) is 6.42. The molecular weight excluding hydrogens is 718 g/mol. The Morgan fingerprint density at radius 3 is 1.71 bits per heavy atom. The Morgan fingerprint density at radius 1 is 0.643 bits per heavy atom. The third kappa shape index (κ3) is 5.61. The summed E-state index contributed by atoms with van der Waals surface area (Å²) in [6, 6.07) is 31.6. The average molecular weight is 755 g/mol. The Labute approximate surface area is 278 Å². The van der Waals surface area contributed by atoms with E-state index >= 15 is 0 Å². The van der Waals surface area contributed by atoms with E-state index in [-0.39, 0.29) is 35.6 Å². The zero-order valence-electron chi connectivity index (χ0n) is 25.3. The van der Waals surface area contributed by atoms with E-state index in [0.717, 1.165) is 30.8 Å². The van der Waals surface area contributed by atoms with Crippen LogP contribution >= 0.6 is 0 Å². The molecule has 0 N–H and O–H groups in total. The normalized spacial score (nSPS) is 13.6. The van der Waals surface area contributed by atoms with Gasteiger partial charge in [-0.15, -0.1) is 0 Å². The summed E-state index contributed by atoms with van der Waals surface area (Å²) >= 11 is 0.989. The van der Waals surface area contributed by atoms with Gasteiger partial charge in [0, 0.05) is 0 Å². The van der Waals surface area contributed by atoms with E-state index in [2.05, 4.69) is 145 Å². The molecule has 0 spiro atoms. The van der Waals surface area contributed by atoms with Crippen LogP contribution in [0.25, 0.3) is 14.5 Å². The van der Waals surface area contributed by atoms with Crippen LogP contribution in [0.1, 0.15) is 81.3 Å². The molecule has 0 amide bonds. The largest absolute Gasteiger partial charge is 1.00 e. The number of hydrogen-bond acceptors (Lipinski definition) is 0. The van der Waals surface area contributed by atoms with E-state index in [1.54, 1.807) is 3.33 Å². The van der Waals surface area contributed by atoms with E-state index < -0.39 is 0 Å². The molecule has 211 valence electrons. The Kier molecular flexibility index (Phi) is 9.49. The van der Waals surface area contributed by atoms with Crippen LogP contribution in [0, 0.1) is 10.4 Å². The Hall–Kier alpha value is -2.45. The number of benzene rings is 4. The van der Waals surface area contributed by atoms with Gasteiger partial charge in [-0.05, 0) is 0 Å². The fraction of sp³-hybridized carbons (Fsp3) is 0.231. The van der Waals surface area contributed by atoms with Gasteiger partial charge in [-0.1, -0.05) is 0 Å². The molecule has 0 saturated heterocycles. The van der Waals surface area contributed by atoms with Crippen molar-refractivity contribution in [1.29, 1.82) is 0 Å². The van der Waals surface area contributed by atoms with Crippen LogP contribution in [-0.2, 0) is 35.2 Å². The van der Waals surface area contributed by atoms with E-state index in [9.17, 15) is 0 Å². The van der Waals surface area contributed by atoms with E-state index in [1.807, 2.05) is 0 Å². The predicted molar refractivity (Wildman–Crippen MR) is 166 cm³/mol. The van der Waals surface area contributed by atoms with Crippen LogP contribution in [-0.4, -0.2) is 0 Å². The van der Waals surface area contributed by atoms with Gasteiger partial charge < -0.3 is 24.8 Å². The van der Waals surface area contributed by atoms with E-state index in [1.165, 1.54) is 65.4 Å². The first-order chi connectivity index (χ1) is 19.1. The summed E-state index contributed by atoms with van der Waals surface area (Å²) in [6.07, 6.45) is 7.90. The molecule has 0 atom stereocenters. The first kappa shape index (κ1) is 32.5. The smallest absolute Gasteiger partial charge is 1.00 e. The molecule has 0 bridgehead atoms. The topological polar surface area (TPSA) is 0 Å². The second kappa shape index (κ2) is 12.3. The molecule has 42 heavy (non-hydrogen) atoms. The molecule has 0 saturated carbocycles. The van der Waals surface area contributed by atoms with Crippen molar-refractivity contribution < 1.29 is 49.2 Å². The zero-order valence-corrected chi connectivity index (χ0v) is 30.4. The molecule has 4 aromatic rings. The summed E-state index contributed by atoms with van der Waals surface area (Å²) < 4.78 is 1.54. The summed E-state index contributed by atoms with van der Waals surface area (Å²) in [6.45, 7) is 14.2. The molecule has 0 heterocycles. The van der Waals surface area contributed by atoms with Gasteiger partial charge in [0.2, 0.25) is 0 Å². The first-order valence-corrected chi connectivity index (χ1v) is 16.2. The van der Waals surface area contributed by atoms with Crippen LogP contribution in [0.2, 0.25) is 0 Å². The van der Waals surface area contributed by atoms with Gasteiger partial charge in [0.05, 0.1) is 0 Å². The SMILES string of the molecule is CC(C)(C)c1cc2c(c(C3=CC=CC3)c1=C(c1ccccc1)c1ccccc1)[C]([Hf+2])=c1c(C(C)(C)C)cccc1=2.[Cl-].[Cl-]. The van der Waals surface area contributed by atoms with Crippen molar-refractivity contribution in [2.45, 2.75) is 58.8 Å². The second-order valence-electron chi connectivity index (χ2n) is 13.1. The van der Waals surface area contributed by atoms with Crippen molar-refractivity contribution in [3.63, 3.8) is 0 Å². The summed E-state index contributed by atoms with van der Waals surface area (Å²) in [5.74, 6) is 0. The minimum absolute atomic E-state index is 0. The standard InChI is InChI=1S/C39H37.2ClH.Hf/c1-38(2,3)33-23-15-22-29-30-25-34(39(4,5)6)37(36(28-20-13-14-21-28)32(30)24-31(29)33)35(26-16-9-7-10-17-26)27-18-11-8-12-19-27;;;/h7-20,22-23,25H,21H2,1-6H3;2*1H;/q;;;+2/p-2. The van der Waals surface area contributed by atoms with Gasteiger partial charge in [0.15, 0.2) is 0 Å². The number of halogens is 2. The molecule has 4 aromatic carbocycles. The fourth-order valence-corrected chi connectivity index (χ4v) is 8.32. The molecule has 2 aliphatic carbocycles. The number of fused-ring (bicyclic) bond motifs is 2. The van der Waals surface area contributed by atoms with Gasteiger partial charge in [-0.2, -0.15) is 0 Å². The predicted octanol–water partition coefficient (Wildman–Crippen LogP) is 2.18. The summed E-state index contributed by atoms with van der Waals surface area (Å²) in [7, 11) is 0. The third-order valence-corrected chi connectivity index (χ3v) is 10.1. The minimum Gasteiger partial charge on any atom is -1.00 e. The zero-order chi connectivity index (χ0) is 28.2. The van der Waals surface area contributed by atoms with Gasteiger partial charge in [0.25, 0.3) is 0 Å². The summed E-state index contributed by atoms with van der Waals surface area (Å²) in [5, 5.41) is 5.72. The Bertz CT molecular complexity index is 1880. The maximum atomic E-state index is 2.55. The number of hydrogen-bond donors (Lipinski definition) is 0. The maximum Gasteiger partial charge on any atom is -1.00 e. The molecule has 0 nitrogen and oxygen atoms in total. The Morgan fingerprint density at radius 2 is 1.21 bits per heavy atom. The van der Waals surface area contributed by atoms with Gasteiger partial charge in [0.1, 0.15) is 0 Å². The minimum atomic E-state index is -0.0454. The molecule has 0 unspecified atom stereocenters. The average Bonchev–Trinajstić information content (AvgIpc) is 3.56. The van der Waals surface area contributed by atoms with Crippen LogP contribution in [0.5, 0.6) is 0 Å². The van der Waals surface area contributed by atoms with Gasteiger partial charge in [-0.25, -0.2) is 0 Å². The Balaban J connectivity index is 0.00000202. The van der Waals surface area contributed by atoms with Crippen LogP contribution in [0.4, 0.5) is 0 Å². The quantitative estimate of drug-likeness (QED) is 0.282. The molecule has 0 radical (unpaired) electrons. The number of allylic oxidation sites excluding steroid dienone is 4. The summed E-state index contributed by atoms with van der Waals surface area (Å²) in [4.78, 5) is 0. The molecular formula is C39H37Cl2Hf. The molecule has 3 heteroatoms. The van der Waals surface area contributed by atoms with E-state index in [4.69, 9.17) is 0 Å². The second-order valence-corrected chi connectivity index (χ2v) is 14.9. The number of rotatable bonds is 3. The van der Waals surface area contributed by atoms with Crippen molar-refractivity contribution in [2.75, 3.05) is 0 Å². The molecule has 2 aliphatic rings. The molecule has 0 aliphatic heterocycles. The third-order valence-electron chi connectivity index (χ3n) is 8.27. The van der Waals surface area contributed by atoms with Crippen LogP contribution < -0.4 is 35.3 Å². The molecule has 6 rings (SSSR count). The van der Waals surface area contributed by atoms with Crippen molar-refractivity contribution in [1.82, 2.24) is 0 Å². The molecule has 0 fully saturated rings. The molecule has 0 aromatic heterocycles. The van der Waals surface area contributed by atoms with Crippen molar-refractivity contribution in [3.05, 3.63) is 157 Å². The van der Waals surface area contributed by atoms with E-state index in [0.29, 0.717) is 0 Å².